The number of benzene rings is 1. The van der Waals surface area contributed by atoms with Gasteiger partial charge in [-0.3, -0.25) is 5.11 Å². The molecule has 0 saturated carbocycles. The Bertz CT molecular complexity index is 383. The molecule has 107 valence electrons. The fraction of sp³-hybridized carbons (Fsp3) is 0.600. The molecule has 4 heteroatoms. The molecule has 19 heavy (non-hydrogen) atoms. The SMILES string of the molecule is CC(C)Sc1cc(SC(C)C)c([O])c(SC(C)C)c1. The molecule has 1 aromatic carbocycles. The zero-order chi connectivity index (χ0) is 14.6. The summed E-state index contributed by atoms with van der Waals surface area (Å²) in [5.74, 6) is 0.200. The zero-order valence-corrected chi connectivity index (χ0v) is 15.0. The zero-order valence-electron chi connectivity index (χ0n) is 12.5. The second-order valence-electron chi connectivity index (χ2n) is 5.25. The maximum Gasteiger partial charge on any atom is 0.205 e. The van der Waals surface area contributed by atoms with Crippen molar-refractivity contribution < 1.29 is 5.11 Å². The van der Waals surface area contributed by atoms with Crippen LogP contribution in [0.4, 0.5) is 0 Å². The fourth-order valence-electron chi connectivity index (χ4n) is 1.58. The van der Waals surface area contributed by atoms with Gasteiger partial charge in [0.15, 0.2) is 0 Å². The number of hydrogen-bond acceptors (Lipinski definition) is 3. The van der Waals surface area contributed by atoms with Crippen LogP contribution in [0, 0.1) is 0 Å². The lowest BCUT2D eigenvalue weighted by molar-refractivity contribution is 0.333. The standard InChI is InChI=1S/C15H23OS3/c1-9(2)17-12-7-13(18-10(3)4)15(16)14(8-12)19-11(5)6/h7-11H,1-6H3. The van der Waals surface area contributed by atoms with Crippen molar-refractivity contribution in [1.29, 1.82) is 0 Å². The monoisotopic (exact) mass is 315 g/mol. The lowest BCUT2D eigenvalue weighted by Crippen LogP contribution is -1.93. The van der Waals surface area contributed by atoms with Crippen LogP contribution in [0.25, 0.3) is 0 Å². The van der Waals surface area contributed by atoms with Crippen molar-refractivity contribution >= 4 is 35.3 Å². The predicted octanol–water partition coefficient (Wildman–Crippen LogP) is 6.33. The third-order valence-electron chi connectivity index (χ3n) is 2.09. The summed E-state index contributed by atoms with van der Waals surface area (Å²) in [7, 11) is 0. The quantitative estimate of drug-likeness (QED) is 0.572. The molecule has 0 atom stereocenters. The molecule has 0 fully saturated rings. The average molecular weight is 316 g/mol. The van der Waals surface area contributed by atoms with Gasteiger partial charge in [0.25, 0.3) is 0 Å². The molecule has 0 amide bonds. The summed E-state index contributed by atoms with van der Waals surface area (Å²) in [5.41, 5.74) is 0. The van der Waals surface area contributed by atoms with Crippen molar-refractivity contribution in [2.24, 2.45) is 0 Å². The summed E-state index contributed by atoms with van der Waals surface area (Å²) in [6.07, 6.45) is 0. The van der Waals surface area contributed by atoms with Crippen LogP contribution >= 0.6 is 35.3 Å². The van der Waals surface area contributed by atoms with Crippen LogP contribution < -0.4 is 0 Å². The Balaban J connectivity index is 3.13. The van der Waals surface area contributed by atoms with Gasteiger partial charge in [0.1, 0.15) is 0 Å². The summed E-state index contributed by atoms with van der Waals surface area (Å²) < 4.78 is 0. The number of rotatable bonds is 6. The highest BCUT2D eigenvalue weighted by molar-refractivity contribution is 8.01. The molecule has 1 rings (SSSR count). The second-order valence-corrected chi connectivity index (χ2v) is 10.1. The van der Waals surface area contributed by atoms with E-state index in [1.54, 1.807) is 23.5 Å². The van der Waals surface area contributed by atoms with Crippen LogP contribution in [-0.4, -0.2) is 15.7 Å². The van der Waals surface area contributed by atoms with Crippen LogP contribution in [0.15, 0.2) is 26.8 Å². The van der Waals surface area contributed by atoms with Crippen LogP contribution in [0.5, 0.6) is 5.75 Å². The van der Waals surface area contributed by atoms with Crippen molar-refractivity contribution in [3.05, 3.63) is 12.1 Å². The molecule has 0 N–H and O–H groups in total. The van der Waals surface area contributed by atoms with Gasteiger partial charge in [-0.1, -0.05) is 41.5 Å². The molecule has 0 aliphatic heterocycles. The second kappa shape index (κ2) is 7.75. The number of hydrogen-bond donors (Lipinski definition) is 0. The van der Waals surface area contributed by atoms with Crippen molar-refractivity contribution in [1.82, 2.24) is 0 Å². The summed E-state index contributed by atoms with van der Waals surface area (Å²) in [5, 5.41) is 13.8. The van der Waals surface area contributed by atoms with Crippen molar-refractivity contribution in [3.63, 3.8) is 0 Å². The Kier molecular flexibility index (Phi) is 6.98. The van der Waals surface area contributed by atoms with Crippen LogP contribution in [0.3, 0.4) is 0 Å². The molecular formula is C15H23OS3. The molecule has 1 aromatic rings. The topological polar surface area (TPSA) is 19.9 Å². The van der Waals surface area contributed by atoms with E-state index in [2.05, 4.69) is 53.7 Å². The Morgan fingerprint density at radius 3 is 1.42 bits per heavy atom. The Labute approximate surface area is 130 Å². The lowest BCUT2D eigenvalue weighted by Gasteiger charge is -2.14. The van der Waals surface area contributed by atoms with Gasteiger partial charge >= 0.3 is 0 Å². The molecule has 1 radical (unpaired) electrons. The summed E-state index contributed by atoms with van der Waals surface area (Å²) in [6, 6.07) is 4.12. The summed E-state index contributed by atoms with van der Waals surface area (Å²) in [4.78, 5) is 2.99. The summed E-state index contributed by atoms with van der Waals surface area (Å²) in [6.45, 7) is 12.9. The van der Waals surface area contributed by atoms with E-state index in [4.69, 9.17) is 0 Å². The van der Waals surface area contributed by atoms with Crippen LogP contribution in [0.1, 0.15) is 41.5 Å². The highest BCUT2D eigenvalue weighted by Gasteiger charge is 2.16. The maximum absolute atomic E-state index is 12.4. The highest BCUT2D eigenvalue weighted by atomic mass is 32.2. The smallest absolute Gasteiger partial charge is 0.205 e. The largest absolute Gasteiger partial charge is 0.287 e. The van der Waals surface area contributed by atoms with Crippen molar-refractivity contribution in [3.8, 4) is 5.75 Å². The van der Waals surface area contributed by atoms with E-state index < -0.39 is 0 Å². The molecular weight excluding hydrogens is 292 g/mol. The molecule has 0 spiro atoms. The van der Waals surface area contributed by atoms with E-state index >= 15 is 0 Å². The van der Waals surface area contributed by atoms with Gasteiger partial charge in [-0.25, -0.2) is 0 Å². The molecule has 0 heterocycles. The van der Waals surface area contributed by atoms with E-state index in [9.17, 15) is 5.11 Å². The molecule has 0 bridgehead atoms. The van der Waals surface area contributed by atoms with E-state index in [0.717, 1.165) is 9.79 Å². The van der Waals surface area contributed by atoms with Gasteiger partial charge in [0.05, 0.1) is 9.79 Å². The first-order chi connectivity index (χ1) is 8.79. The van der Waals surface area contributed by atoms with Crippen molar-refractivity contribution in [2.75, 3.05) is 0 Å². The Morgan fingerprint density at radius 1 is 0.737 bits per heavy atom. The van der Waals surface area contributed by atoms with Gasteiger partial charge in [0, 0.05) is 20.6 Å². The first-order valence-electron chi connectivity index (χ1n) is 6.64. The maximum atomic E-state index is 12.4. The van der Waals surface area contributed by atoms with Gasteiger partial charge in [-0.2, -0.15) is 0 Å². The minimum Gasteiger partial charge on any atom is -0.287 e. The van der Waals surface area contributed by atoms with Crippen molar-refractivity contribution in [2.45, 2.75) is 72.0 Å². The third-order valence-corrected chi connectivity index (χ3v) is 5.13. The van der Waals surface area contributed by atoms with Gasteiger partial charge in [-0.15, -0.1) is 35.3 Å². The highest BCUT2D eigenvalue weighted by Crippen LogP contribution is 2.43. The Hall–Kier alpha value is 0.0700. The average Bonchev–Trinajstić information content (AvgIpc) is 2.22. The van der Waals surface area contributed by atoms with E-state index in [1.807, 2.05) is 11.8 Å². The van der Waals surface area contributed by atoms with Gasteiger partial charge < -0.3 is 0 Å². The minimum absolute atomic E-state index is 0.200. The molecule has 0 aliphatic rings. The predicted molar refractivity (Wildman–Crippen MR) is 89.6 cm³/mol. The fourth-order valence-corrected chi connectivity index (χ4v) is 4.55. The summed E-state index contributed by atoms with van der Waals surface area (Å²) >= 11 is 5.16. The van der Waals surface area contributed by atoms with Gasteiger partial charge in [-0.05, 0) is 12.1 Å². The van der Waals surface area contributed by atoms with E-state index in [1.165, 1.54) is 4.90 Å². The molecule has 0 unspecified atom stereocenters. The minimum atomic E-state index is 0.200. The normalized spacial score (nSPS) is 11.8. The van der Waals surface area contributed by atoms with Crippen LogP contribution in [-0.2, 0) is 5.11 Å². The Morgan fingerprint density at radius 2 is 1.11 bits per heavy atom. The van der Waals surface area contributed by atoms with Gasteiger partial charge in [0.2, 0.25) is 5.75 Å². The third kappa shape index (κ3) is 5.92. The lowest BCUT2D eigenvalue weighted by atomic mass is 10.3. The molecule has 0 saturated heterocycles. The molecule has 1 nitrogen and oxygen atoms in total. The van der Waals surface area contributed by atoms with E-state index in [-0.39, 0.29) is 5.75 Å². The van der Waals surface area contributed by atoms with Crippen LogP contribution in [0.2, 0.25) is 0 Å². The first kappa shape index (κ1) is 17.1. The molecule has 0 aromatic heterocycles. The van der Waals surface area contributed by atoms with E-state index in [0.29, 0.717) is 15.7 Å². The number of thioether (sulfide) groups is 3. The molecule has 0 aliphatic carbocycles. The first-order valence-corrected chi connectivity index (χ1v) is 9.28.